The Morgan fingerprint density at radius 3 is 2.75 bits per heavy atom. The fourth-order valence-electron chi connectivity index (χ4n) is 2.32. The summed E-state index contributed by atoms with van der Waals surface area (Å²) in [6.45, 7) is 3.78. The summed E-state index contributed by atoms with van der Waals surface area (Å²) >= 11 is 1.80. The van der Waals surface area contributed by atoms with Crippen LogP contribution in [-0.4, -0.2) is 54.6 Å². The van der Waals surface area contributed by atoms with Crippen molar-refractivity contribution < 1.29 is 14.6 Å². The van der Waals surface area contributed by atoms with Crippen LogP contribution in [0.5, 0.6) is 0 Å². The standard InChI is InChI=1S/C15H21NO3S/c1-11-3-5-12(6-4-11)20-8-7-16(2)14-10-19-9-13(14)15(17)18/h3-6,13-14H,7-10H2,1-2H3,(H,17,18). The maximum Gasteiger partial charge on any atom is 0.310 e. The minimum atomic E-state index is -0.759. The molecule has 1 N–H and O–H groups in total. The molecule has 1 saturated heterocycles. The number of thioether (sulfide) groups is 1. The van der Waals surface area contributed by atoms with E-state index in [1.807, 2.05) is 7.05 Å². The molecule has 0 amide bonds. The third kappa shape index (κ3) is 3.98. The van der Waals surface area contributed by atoms with Crippen molar-refractivity contribution in [3.63, 3.8) is 0 Å². The maximum atomic E-state index is 11.1. The number of carboxylic acid groups (broad SMARTS) is 1. The van der Waals surface area contributed by atoms with Crippen molar-refractivity contribution >= 4 is 17.7 Å². The lowest BCUT2D eigenvalue weighted by Crippen LogP contribution is -2.41. The first-order valence-corrected chi connectivity index (χ1v) is 7.76. The summed E-state index contributed by atoms with van der Waals surface area (Å²) in [5.41, 5.74) is 1.26. The fraction of sp³-hybridized carbons (Fsp3) is 0.533. The van der Waals surface area contributed by atoms with Gasteiger partial charge in [-0.2, -0.15) is 0 Å². The zero-order valence-electron chi connectivity index (χ0n) is 11.9. The van der Waals surface area contributed by atoms with E-state index in [0.29, 0.717) is 13.2 Å². The average Bonchev–Trinajstić information content (AvgIpc) is 2.90. The van der Waals surface area contributed by atoms with Crippen molar-refractivity contribution in [2.24, 2.45) is 5.92 Å². The summed E-state index contributed by atoms with van der Waals surface area (Å²) < 4.78 is 5.30. The van der Waals surface area contributed by atoms with Gasteiger partial charge in [0, 0.05) is 23.2 Å². The van der Waals surface area contributed by atoms with Gasteiger partial charge < -0.3 is 9.84 Å². The van der Waals surface area contributed by atoms with Crippen LogP contribution in [-0.2, 0) is 9.53 Å². The molecule has 0 bridgehead atoms. The van der Waals surface area contributed by atoms with Gasteiger partial charge in [-0.25, -0.2) is 0 Å². The number of rotatable bonds is 6. The van der Waals surface area contributed by atoms with Gasteiger partial charge in [0.15, 0.2) is 0 Å². The summed E-state index contributed by atoms with van der Waals surface area (Å²) in [5, 5.41) is 9.15. The van der Waals surface area contributed by atoms with E-state index < -0.39 is 11.9 Å². The Kier molecular flexibility index (Phi) is 5.46. The molecule has 2 atom stereocenters. The van der Waals surface area contributed by atoms with E-state index in [1.54, 1.807) is 11.8 Å². The lowest BCUT2D eigenvalue weighted by Gasteiger charge is -2.25. The summed E-state index contributed by atoms with van der Waals surface area (Å²) in [7, 11) is 1.98. The summed E-state index contributed by atoms with van der Waals surface area (Å²) in [6, 6.07) is 8.46. The normalized spacial score (nSPS) is 22.4. The third-order valence-corrected chi connectivity index (χ3v) is 4.66. The molecule has 0 radical (unpaired) electrons. The van der Waals surface area contributed by atoms with Crippen LogP contribution in [0.2, 0.25) is 0 Å². The summed E-state index contributed by atoms with van der Waals surface area (Å²) in [6.07, 6.45) is 0. The first-order chi connectivity index (χ1) is 9.58. The highest BCUT2D eigenvalue weighted by Crippen LogP contribution is 2.21. The molecule has 1 aliphatic heterocycles. The molecular weight excluding hydrogens is 274 g/mol. The van der Waals surface area contributed by atoms with Crippen LogP contribution < -0.4 is 0 Å². The molecule has 1 aliphatic rings. The number of nitrogens with zero attached hydrogens (tertiary/aromatic N) is 1. The van der Waals surface area contributed by atoms with Crippen LogP contribution in [0.15, 0.2) is 29.2 Å². The molecule has 0 aliphatic carbocycles. The van der Waals surface area contributed by atoms with Crippen molar-refractivity contribution in [3.05, 3.63) is 29.8 Å². The molecule has 4 nitrogen and oxygen atoms in total. The molecule has 2 unspecified atom stereocenters. The number of aryl methyl sites for hydroxylation is 1. The van der Waals surface area contributed by atoms with Crippen molar-refractivity contribution in [2.75, 3.05) is 32.6 Å². The van der Waals surface area contributed by atoms with Crippen molar-refractivity contribution in [2.45, 2.75) is 17.9 Å². The molecule has 1 aromatic carbocycles. The molecule has 0 aromatic heterocycles. The Morgan fingerprint density at radius 1 is 1.40 bits per heavy atom. The van der Waals surface area contributed by atoms with Crippen LogP contribution in [0.4, 0.5) is 0 Å². The quantitative estimate of drug-likeness (QED) is 0.815. The predicted molar refractivity (Wildman–Crippen MR) is 80.3 cm³/mol. The van der Waals surface area contributed by atoms with Gasteiger partial charge in [0.1, 0.15) is 0 Å². The molecule has 0 spiro atoms. The Morgan fingerprint density at radius 2 is 2.10 bits per heavy atom. The average molecular weight is 295 g/mol. The summed E-state index contributed by atoms with van der Waals surface area (Å²) in [5.74, 6) is -0.211. The van der Waals surface area contributed by atoms with Gasteiger partial charge in [-0.3, -0.25) is 9.69 Å². The van der Waals surface area contributed by atoms with E-state index >= 15 is 0 Å². The van der Waals surface area contributed by atoms with E-state index in [9.17, 15) is 4.79 Å². The van der Waals surface area contributed by atoms with Crippen molar-refractivity contribution in [1.29, 1.82) is 0 Å². The van der Waals surface area contributed by atoms with Crippen LogP contribution in [0.25, 0.3) is 0 Å². The van der Waals surface area contributed by atoms with Crippen LogP contribution >= 0.6 is 11.8 Å². The van der Waals surface area contributed by atoms with E-state index in [4.69, 9.17) is 9.84 Å². The maximum absolute atomic E-state index is 11.1. The highest BCUT2D eigenvalue weighted by Gasteiger charge is 2.36. The Labute approximate surface area is 124 Å². The number of benzene rings is 1. The molecule has 1 heterocycles. The molecule has 5 heteroatoms. The predicted octanol–water partition coefficient (Wildman–Crippen LogP) is 2.12. The van der Waals surface area contributed by atoms with Gasteiger partial charge in [0.25, 0.3) is 0 Å². The van der Waals surface area contributed by atoms with Crippen LogP contribution in [0, 0.1) is 12.8 Å². The molecule has 20 heavy (non-hydrogen) atoms. The van der Waals surface area contributed by atoms with Gasteiger partial charge in [-0.1, -0.05) is 17.7 Å². The van der Waals surface area contributed by atoms with Crippen LogP contribution in [0.3, 0.4) is 0 Å². The molecule has 110 valence electrons. The number of ether oxygens (including phenoxy) is 1. The van der Waals surface area contributed by atoms with Gasteiger partial charge >= 0.3 is 5.97 Å². The van der Waals surface area contributed by atoms with Gasteiger partial charge in [0.05, 0.1) is 19.1 Å². The zero-order chi connectivity index (χ0) is 14.5. The molecule has 1 aromatic rings. The van der Waals surface area contributed by atoms with Crippen LogP contribution in [0.1, 0.15) is 5.56 Å². The topological polar surface area (TPSA) is 49.8 Å². The Balaban J connectivity index is 1.78. The first kappa shape index (κ1) is 15.4. The molecule has 1 fully saturated rings. The number of carbonyl (C=O) groups is 1. The van der Waals surface area contributed by atoms with E-state index in [2.05, 4.69) is 36.1 Å². The van der Waals surface area contributed by atoms with E-state index in [-0.39, 0.29) is 6.04 Å². The van der Waals surface area contributed by atoms with Gasteiger partial charge in [-0.15, -0.1) is 11.8 Å². The minimum absolute atomic E-state index is 0.00822. The first-order valence-electron chi connectivity index (χ1n) is 6.78. The number of aliphatic carboxylic acids is 1. The summed E-state index contributed by atoms with van der Waals surface area (Å²) in [4.78, 5) is 14.5. The molecule has 0 saturated carbocycles. The van der Waals surface area contributed by atoms with Crippen molar-refractivity contribution in [1.82, 2.24) is 4.90 Å². The zero-order valence-corrected chi connectivity index (χ0v) is 12.7. The van der Waals surface area contributed by atoms with E-state index in [1.165, 1.54) is 10.5 Å². The second kappa shape index (κ2) is 7.11. The molecule has 2 rings (SSSR count). The highest BCUT2D eigenvalue weighted by atomic mass is 32.2. The highest BCUT2D eigenvalue weighted by molar-refractivity contribution is 7.99. The second-order valence-corrected chi connectivity index (χ2v) is 6.36. The lowest BCUT2D eigenvalue weighted by molar-refractivity contribution is -0.143. The Hall–Kier alpha value is -1.04. The van der Waals surface area contributed by atoms with Gasteiger partial charge in [-0.05, 0) is 26.1 Å². The number of hydrogen-bond acceptors (Lipinski definition) is 4. The largest absolute Gasteiger partial charge is 0.481 e. The van der Waals surface area contributed by atoms with Crippen molar-refractivity contribution in [3.8, 4) is 0 Å². The number of hydrogen-bond donors (Lipinski definition) is 1. The Bertz CT molecular complexity index is 449. The smallest absolute Gasteiger partial charge is 0.310 e. The number of carboxylic acids is 1. The molecular formula is C15H21NO3S. The minimum Gasteiger partial charge on any atom is -0.481 e. The fourth-order valence-corrected chi connectivity index (χ4v) is 3.26. The SMILES string of the molecule is Cc1ccc(SCCN(C)C2COCC2C(=O)O)cc1. The van der Waals surface area contributed by atoms with E-state index in [0.717, 1.165) is 12.3 Å². The van der Waals surface area contributed by atoms with Gasteiger partial charge in [0.2, 0.25) is 0 Å². The second-order valence-electron chi connectivity index (χ2n) is 5.19. The number of likely N-dealkylation sites (N-methyl/N-ethyl adjacent to an activating group) is 1. The third-order valence-electron chi connectivity index (χ3n) is 3.67. The lowest BCUT2D eigenvalue weighted by atomic mass is 10.0. The monoisotopic (exact) mass is 295 g/mol.